The summed E-state index contributed by atoms with van der Waals surface area (Å²) in [6.45, 7) is 9.46. The van der Waals surface area contributed by atoms with Crippen molar-refractivity contribution in [1.29, 1.82) is 0 Å². The van der Waals surface area contributed by atoms with Crippen molar-refractivity contribution in [2.24, 2.45) is 0 Å². The quantitative estimate of drug-likeness (QED) is 0.708. The smallest absolute Gasteiger partial charge is 0.320 e. The van der Waals surface area contributed by atoms with Crippen LogP contribution in [0.1, 0.15) is 31.2 Å². The van der Waals surface area contributed by atoms with E-state index in [1.807, 2.05) is 26.0 Å². The molecule has 10 heteroatoms. The van der Waals surface area contributed by atoms with Gasteiger partial charge in [0.05, 0.1) is 17.1 Å². The molecule has 2 aliphatic heterocycles. The van der Waals surface area contributed by atoms with Crippen molar-refractivity contribution in [2.45, 2.75) is 33.2 Å². The highest BCUT2D eigenvalue weighted by molar-refractivity contribution is 5.94. The number of rotatable bonds is 6. The van der Waals surface area contributed by atoms with Crippen LogP contribution in [-0.2, 0) is 11.3 Å². The zero-order chi connectivity index (χ0) is 22.5. The van der Waals surface area contributed by atoms with Crippen LogP contribution in [0.3, 0.4) is 0 Å². The highest BCUT2D eigenvalue weighted by Crippen LogP contribution is 2.26. The fourth-order valence-corrected chi connectivity index (χ4v) is 4.16. The summed E-state index contributed by atoms with van der Waals surface area (Å²) in [5, 5.41) is 5.41. The zero-order valence-corrected chi connectivity index (χ0v) is 18.7. The van der Waals surface area contributed by atoms with Gasteiger partial charge in [-0.3, -0.25) is 19.9 Å². The molecule has 0 saturated carbocycles. The SMILES string of the molecule is CCNC(=O)Nc1cc(CN2CCN(c3ccc(N4CCCC4=O)nc3C)CC2)ncn1. The number of hydrogen-bond acceptors (Lipinski definition) is 7. The molecule has 4 heterocycles. The summed E-state index contributed by atoms with van der Waals surface area (Å²) in [5.74, 6) is 1.42. The van der Waals surface area contributed by atoms with Gasteiger partial charge in [-0.05, 0) is 32.4 Å². The Labute approximate surface area is 188 Å². The molecular weight excluding hydrogens is 408 g/mol. The predicted molar refractivity (Wildman–Crippen MR) is 123 cm³/mol. The van der Waals surface area contributed by atoms with E-state index in [1.54, 1.807) is 4.90 Å². The van der Waals surface area contributed by atoms with Gasteiger partial charge in [0.25, 0.3) is 0 Å². The number of urea groups is 1. The molecule has 2 saturated heterocycles. The lowest BCUT2D eigenvalue weighted by Gasteiger charge is -2.36. The fourth-order valence-electron chi connectivity index (χ4n) is 4.16. The van der Waals surface area contributed by atoms with E-state index >= 15 is 0 Å². The van der Waals surface area contributed by atoms with Crippen molar-refractivity contribution in [2.75, 3.05) is 54.4 Å². The first-order valence-electron chi connectivity index (χ1n) is 11.1. The van der Waals surface area contributed by atoms with E-state index in [1.165, 1.54) is 6.33 Å². The summed E-state index contributed by atoms with van der Waals surface area (Å²) in [6, 6.07) is 5.59. The molecule has 2 aromatic heterocycles. The molecule has 0 unspecified atom stereocenters. The van der Waals surface area contributed by atoms with Gasteiger partial charge in [0.1, 0.15) is 18.0 Å². The molecule has 0 bridgehead atoms. The maximum absolute atomic E-state index is 12.0. The minimum Gasteiger partial charge on any atom is -0.368 e. The van der Waals surface area contributed by atoms with Crippen molar-refractivity contribution >= 4 is 29.3 Å². The lowest BCUT2D eigenvalue weighted by Crippen LogP contribution is -2.46. The maximum Gasteiger partial charge on any atom is 0.320 e. The summed E-state index contributed by atoms with van der Waals surface area (Å²) in [4.78, 5) is 43.3. The first kappa shape index (κ1) is 21.9. The first-order chi connectivity index (χ1) is 15.5. The van der Waals surface area contributed by atoms with Gasteiger partial charge >= 0.3 is 6.03 Å². The minimum atomic E-state index is -0.269. The third-order valence-electron chi connectivity index (χ3n) is 5.79. The number of carbonyl (C=O) groups excluding carboxylic acids is 2. The van der Waals surface area contributed by atoms with Crippen LogP contribution < -0.4 is 20.4 Å². The van der Waals surface area contributed by atoms with Crippen molar-refractivity contribution in [3.8, 4) is 0 Å². The second-order valence-electron chi connectivity index (χ2n) is 8.07. The van der Waals surface area contributed by atoms with Crippen LogP contribution in [-0.4, -0.2) is 71.1 Å². The number of piperazine rings is 1. The maximum atomic E-state index is 12.0. The van der Waals surface area contributed by atoms with E-state index in [4.69, 9.17) is 4.98 Å². The molecule has 0 aromatic carbocycles. The highest BCUT2D eigenvalue weighted by Gasteiger charge is 2.24. The molecule has 32 heavy (non-hydrogen) atoms. The number of carbonyl (C=O) groups is 2. The lowest BCUT2D eigenvalue weighted by atomic mass is 10.2. The summed E-state index contributed by atoms with van der Waals surface area (Å²) < 4.78 is 0. The van der Waals surface area contributed by atoms with Gasteiger partial charge in [0.15, 0.2) is 0 Å². The van der Waals surface area contributed by atoms with Gasteiger partial charge < -0.3 is 10.2 Å². The van der Waals surface area contributed by atoms with E-state index in [0.29, 0.717) is 25.3 Å². The molecule has 3 amide bonds. The summed E-state index contributed by atoms with van der Waals surface area (Å²) in [5.41, 5.74) is 2.95. The van der Waals surface area contributed by atoms with Crippen molar-refractivity contribution in [1.82, 2.24) is 25.2 Å². The average molecular weight is 439 g/mol. The van der Waals surface area contributed by atoms with Crippen LogP contribution in [0.15, 0.2) is 24.5 Å². The summed E-state index contributed by atoms with van der Waals surface area (Å²) in [7, 11) is 0. The Kier molecular flexibility index (Phi) is 6.79. The highest BCUT2D eigenvalue weighted by atomic mass is 16.2. The molecule has 0 radical (unpaired) electrons. The van der Waals surface area contributed by atoms with Gasteiger partial charge in [-0.2, -0.15) is 0 Å². The molecule has 2 aromatic rings. The molecule has 0 spiro atoms. The Morgan fingerprint density at radius 2 is 1.94 bits per heavy atom. The molecule has 4 rings (SSSR count). The molecule has 2 N–H and O–H groups in total. The van der Waals surface area contributed by atoms with Gasteiger partial charge in [0, 0.05) is 58.3 Å². The third-order valence-corrected chi connectivity index (χ3v) is 5.79. The molecule has 170 valence electrons. The Bertz CT molecular complexity index is 974. The summed E-state index contributed by atoms with van der Waals surface area (Å²) in [6.07, 6.45) is 2.99. The van der Waals surface area contributed by atoms with Crippen LogP contribution in [0, 0.1) is 6.92 Å². The topological polar surface area (TPSA) is 107 Å². The summed E-state index contributed by atoms with van der Waals surface area (Å²) >= 11 is 0. The lowest BCUT2D eigenvalue weighted by molar-refractivity contribution is -0.117. The van der Waals surface area contributed by atoms with Gasteiger partial charge in [-0.1, -0.05) is 0 Å². The van der Waals surface area contributed by atoms with Crippen molar-refractivity contribution in [3.05, 3.63) is 35.9 Å². The number of amides is 3. The predicted octanol–water partition coefficient (Wildman–Crippen LogP) is 1.77. The molecule has 10 nitrogen and oxygen atoms in total. The van der Waals surface area contributed by atoms with E-state index in [0.717, 1.165) is 62.0 Å². The second-order valence-corrected chi connectivity index (χ2v) is 8.07. The zero-order valence-electron chi connectivity index (χ0n) is 18.7. The standard InChI is InChI=1S/C22H30N8O2/c1-3-23-22(32)27-19-13-17(24-15-25-19)14-28-9-11-29(12-10-28)18-6-7-20(26-16(18)2)30-8-4-5-21(30)31/h6-7,13,15H,3-5,8-12,14H2,1-2H3,(H2,23,24,25,27,32). The minimum absolute atomic E-state index is 0.160. The Balaban J connectivity index is 1.33. The molecular formula is C22H30N8O2. The largest absolute Gasteiger partial charge is 0.368 e. The van der Waals surface area contributed by atoms with Crippen LogP contribution in [0.2, 0.25) is 0 Å². The number of anilines is 3. The van der Waals surface area contributed by atoms with Crippen LogP contribution in [0.4, 0.5) is 22.1 Å². The van der Waals surface area contributed by atoms with E-state index in [9.17, 15) is 9.59 Å². The number of pyridine rings is 1. The number of nitrogens with zero attached hydrogens (tertiary/aromatic N) is 6. The molecule has 0 aliphatic carbocycles. The van der Waals surface area contributed by atoms with Crippen molar-refractivity contribution in [3.63, 3.8) is 0 Å². The van der Waals surface area contributed by atoms with E-state index in [-0.39, 0.29) is 11.9 Å². The number of nitrogens with one attached hydrogen (secondary N) is 2. The number of aryl methyl sites for hydroxylation is 1. The number of hydrogen-bond donors (Lipinski definition) is 2. The fraction of sp³-hybridized carbons (Fsp3) is 0.500. The Morgan fingerprint density at radius 1 is 1.12 bits per heavy atom. The van der Waals surface area contributed by atoms with Crippen LogP contribution in [0.5, 0.6) is 0 Å². The van der Waals surface area contributed by atoms with Crippen molar-refractivity contribution < 1.29 is 9.59 Å². The normalized spacial score (nSPS) is 17.0. The average Bonchev–Trinajstić information content (AvgIpc) is 3.21. The third kappa shape index (κ3) is 5.13. The van der Waals surface area contributed by atoms with Gasteiger partial charge in [-0.25, -0.2) is 19.7 Å². The van der Waals surface area contributed by atoms with Crippen LogP contribution >= 0.6 is 0 Å². The number of aromatic nitrogens is 3. The Morgan fingerprint density at radius 3 is 2.62 bits per heavy atom. The van der Waals surface area contributed by atoms with Gasteiger partial charge in [0.2, 0.25) is 5.91 Å². The first-order valence-corrected chi connectivity index (χ1v) is 11.1. The molecule has 2 aliphatic rings. The molecule has 0 atom stereocenters. The van der Waals surface area contributed by atoms with E-state index in [2.05, 4.69) is 36.5 Å². The van der Waals surface area contributed by atoms with E-state index < -0.39 is 0 Å². The van der Waals surface area contributed by atoms with Crippen LogP contribution in [0.25, 0.3) is 0 Å². The molecule has 2 fully saturated rings. The Hall–Kier alpha value is -3.27. The van der Waals surface area contributed by atoms with Gasteiger partial charge in [-0.15, -0.1) is 0 Å². The monoisotopic (exact) mass is 438 g/mol. The second kappa shape index (κ2) is 9.90.